The molecule has 2 rings (SSSR count). The van der Waals surface area contributed by atoms with E-state index in [1.165, 1.54) is 6.33 Å². The number of hydrazine groups is 1. The van der Waals surface area contributed by atoms with Gasteiger partial charge in [-0.25, -0.2) is 15.4 Å². The van der Waals surface area contributed by atoms with Gasteiger partial charge in [0.25, 0.3) is 0 Å². The van der Waals surface area contributed by atoms with Gasteiger partial charge in [-0.3, -0.25) is 10.5 Å². The Morgan fingerprint density at radius 3 is 2.82 bits per heavy atom. The number of rotatable bonds is 4. The van der Waals surface area contributed by atoms with E-state index in [1.807, 2.05) is 19.3 Å². The summed E-state index contributed by atoms with van der Waals surface area (Å²) in [6.07, 6.45) is 3.28. The van der Waals surface area contributed by atoms with E-state index in [9.17, 15) is 0 Å². The van der Waals surface area contributed by atoms with Crippen molar-refractivity contribution in [2.45, 2.75) is 6.04 Å². The van der Waals surface area contributed by atoms with Crippen molar-refractivity contribution in [2.24, 2.45) is 12.9 Å². The zero-order valence-corrected chi connectivity index (χ0v) is 9.66. The fourth-order valence-corrected chi connectivity index (χ4v) is 1.53. The number of nitrogens with zero attached hydrogens (tertiary/aromatic N) is 4. The molecule has 0 aliphatic carbocycles. The summed E-state index contributed by atoms with van der Waals surface area (Å²) in [6, 6.07) is 3.31. The first-order valence-corrected chi connectivity index (χ1v) is 5.06. The van der Waals surface area contributed by atoms with E-state index < -0.39 is 0 Å². The number of ether oxygens (including phenoxy) is 1. The lowest BCUT2D eigenvalue weighted by Gasteiger charge is -2.13. The second-order valence-corrected chi connectivity index (χ2v) is 3.50. The summed E-state index contributed by atoms with van der Waals surface area (Å²) in [4.78, 5) is 8.11. The minimum absolute atomic E-state index is 0.284. The van der Waals surface area contributed by atoms with Crippen LogP contribution in [0.25, 0.3) is 0 Å². The summed E-state index contributed by atoms with van der Waals surface area (Å²) in [5.41, 5.74) is 4.17. The van der Waals surface area contributed by atoms with Crippen LogP contribution in [0.2, 0.25) is 0 Å². The highest BCUT2D eigenvalue weighted by molar-refractivity contribution is 5.23. The quantitative estimate of drug-likeness (QED) is 0.561. The molecule has 2 heterocycles. The van der Waals surface area contributed by atoms with Gasteiger partial charge in [0, 0.05) is 19.3 Å². The smallest absolute Gasteiger partial charge is 0.216 e. The van der Waals surface area contributed by atoms with Gasteiger partial charge in [-0.2, -0.15) is 5.10 Å². The summed E-state index contributed by atoms with van der Waals surface area (Å²) in [5.74, 6) is 6.03. The molecule has 7 nitrogen and oxygen atoms in total. The van der Waals surface area contributed by atoms with Crippen LogP contribution in [0, 0.1) is 0 Å². The van der Waals surface area contributed by atoms with Crippen LogP contribution in [0.1, 0.15) is 17.4 Å². The van der Waals surface area contributed by atoms with Gasteiger partial charge in [-0.1, -0.05) is 0 Å². The molecule has 0 aromatic carbocycles. The third-order valence-electron chi connectivity index (χ3n) is 2.36. The van der Waals surface area contributed by atoms with E-state index in [0.717, 1.165) is 5.69 Å². The number of aromatic nitrogens is 4. The second kappa shape index (κ2) is 4.89. The predicted molar refractivity (Wildman–Crippen MR) is 61.0 cm³/mol. The van der Waals surface area contributed by atoms with Crippen LogP contribution in [0.4, 0.5) is 0 Å². The van der Waals surface area contributed by atoms with E-state index in [0.29, 0.717) is 11.6 Å². The van der Waals surface area contributed by atoms with Crippen LogP contribution in [0.3, 0.4) is 0 Å². The molecule has 0 spiro atoms. The Hall–Kier alpha value is -1.99. The SMILES string of the molecule is COc1cc(C(NN)c2ccn(C)n2)ncn1. The molecule has 7 heteroatoms. The number of aryl methyl sites for hydroxylation is 1. The average Bonchev–Trinajstić information content (AvgIpc) is 2.77. The van der Waals surface area contributed by atoms with Gasteiger partial charge in [0.1, 0.15) is 12.4 Å². The molecule has 0 radical (unpaired) electrons. The summed E-state index contributed by atoms with van der Waals surface area (Å²) < 4.78 is 6.75. The highest BCUT2D eigenvalue weighted by Crippen LogP contribution is 2.19. The van der Waals surface area contributed by atoms with Crippen LogP contribution < -0.4 is 16.0 Å². The van der Waals surface area contributed by atoms with Crippen LogP contribution in [0.5, 0.6) is 5.88 Å². The molecule has 1 atom stereocenters. The summed E-state index contributed by atoms with van der Waals surface area (Å²) in [6.45, 7) is 0. The molecule has 17 heavy (non-hydrogen) atoms. The maximum Gasteiger partial charge on any atom is 0.216 e. The molecule has 2 aromatic heterocycles. The normalized spacial score (nSPS) is 12.4. The average molecular weight is 234 g/mol. The van der Waals surface area contributed by atoms with Crippen molar-refractivity contribution in [3.05, 3.63) is 36.0 Å². The monoisotopic (exact) mass is 234 g/mol. The molecule has 0 fully saturated rings. The van der Waals surface area contributed by atoms with E-state index in [4.69, 9.17) is 10.6 Å². The molecule has 0 aliphatic rings. The topological polar surface area (TPSA) is 90.9 Å². The Balaban J connectivity index is 2.34. The number of methoxy groups -OCH3 is 1. The van der Waals surface area contributed by atoms with Crippen LogP contribution in [-0.4, -0.2) is 26.9 Å². The van der Waals surface area contributed by atoms with Gasteiger partial charge in [-0.15, -0.1) is 0 Å². The lowest BCUT2D eigenvalue weighted by Crippen LogP contribution is -2.30. The van der Waals surface area contributed by atoms with Gasteiger partial charge in [0.2, 0.25) is 5.88 Å². The summed E-state index contributed by atoms with van der Waals surface area (Å²) in [7, 11) is 3.40. The number of hydrogen-bond donors (Lipinski definition) is 2. The standard InChI is InChI=1S/C10H14N6O/c1-16-4-3-7(15-16)10(14-11)8-5-9(17-2)13-6-12-8/h3-6,10,14H,11H2,1-2H3. The maximum absolute atomic E-state index is 5.54. The molecule has 0 aliphatic heterocycles. The molecule has 2 aromatic rings. The number of nitrogens with two attached hydrogens (primary N) is 1. The van der Waals surface area contributed by atoms with Crippen molar-refractivity contribution in [1.82, 2.24) is 25.2 Å². The number of nitrogens with one attached hydrogen (secondary N) is 1. The minimum Gasteiger partial charge on any atom is -0.481 e. The number of hydrogen-bond acceptors (Lipinski definition) is 6. The minimum atomic E-state index is -0.284. The van der Waals surface area contributed by atoms with Crippen molar-refractivity contribution < 1.29 is 4.74 Å². The zero-order chi connectivity index (χ0) is 12.3. The van der Waals surface area contributed by atoms with Crippen molar-refractivity contribution in [1.29, 1.82) is 0 Å². The fraction of sp³-hybridized carbons (Fsp3) is 0.300. The molecule has 1 unspecified atom stereocenters. The Labute approximate surface area is 98.6 Å². The van der Waals surface area contributed by atoms with Crippen LogP contribution >= 0.6 is 0 Å². The van der Waals surface area contributed by atoms with Gasteiger partial charge < -0.3 is 4.74 Å². The Kier molecular flexibility index (Phi) is 3.31. The third-order valence-corrected chi connectivity index (χ3v) is 2.36. The van der Waals surface area contributed by atoms with Crippen molar-refractivity contribution >= 4 is 0 Å². The van der Waals surface area contributed by atoms with Crippen molar-refractivity contribution in [3.63, 3.8) is 0 Å². The zero-order valence-electron chi connectivity index (χ0n) is 9.66. The van der Waals surface area contributed by atoms with Gasteiger partial charge >= 0.3 is 0 Å². The van der Waals surface area contributed by atoms with Crippen LogP contribution in [0.15, 0.2) is 24.7 Å². The Morgan fingerprint density at radius 2 is 2.24 bits per heavy atom. The lowest BCUT2D eigenvalue weighted by molar-refractivity contribution is 0.394. The maximum atomic E-state index is 5.54. The van der Waals surface area contributed by atoms with Crippen LogP contribution in [-0.2, 0) is 7.05 Å². The predicted octanol–water partition coefficient (Wildman–Crippen LogP) is -0.229. The molecule has 0 bridgehead atoms. The van der Waals surface area contributed by atoms with Gasteiger partial charge in [-0.05, 0) is 6.07 Å². The molecule has 0 saturated carbocycles. The highest BCUT2D eigenvalue weighted by atomic mass is 16.5. The largest absolute Gasteiger partial charge is 0.481 e. The second-order valence-electron chi connectivity index (χ2n) is 3.50. The first kappa shape index (κ1) is 11.5. The highest BCUT2D eigenvalue weighted by Gasteiger charge is 2.17. The first-order chi connectivity index (χ1) is 8.24. The van der Waals surface area contributed by atoms with Crippen molar-refractivity contribution in [2.75, 3.05) is 7.11 Å². The Bertz CT molecular complexity index is 497. The summed E-state index contributed by atoms with van der Waals surface area (Å²) >= 11 is 0. The third kappa shape index (κ3) is 2.40. The lowest BCUT2D eigenvalue weighted by atomic mass is 10.1. The van der Waals surface area contributed by atoms with Gasteiger partial charge in [0.05, 0.1) is 18.5 Å². The molecular formula is C10H14N6O. The molecule has 90 valence electrons. The Morgan fingerprint density at radius 1 is 1.41 bits per heavy atom. The van der Waals surface area contributed by atoms with Gasteiger partial charge in [0.15, 0.2) is 0 Å². The first-order valence-electron chi connectivity index (χ1n) is 5.06. The molecule has 0 saturated heterocycles. The molecule has 0 amide bonds. The van der Waals surface area contributed by atoms with E-state index in [2.05, 4.69) is 20.5 Å². The van der Waals surface area contributed by atoms with Crippen molar-refractivity contribution in [3.8, 4) is 5.88 Å². The van der Waals surface area contributed by atoms with E-state index in [-0.39, 0.29) is 6.04 Å². The van der Waals surface area contributed by atoms with E-state index in [1.54, 1.807) is 17.9 Å². The van der Waals surface area contributed by atoms with E-state index >= 15 is 0 Å². The summed E-state index contributed by atoms with van der Waals surface area (Å²) in [5, 5.41) is 4.29. The molecule has 3 N–H and O–H groups in total. The fourth-order valence-electron chi connectivity index (χ4n) is 1.53. The molecular weight excluding hydrogens is 220 g/mol.